The number of benzene rings is 3. The Kier molecular flexibility index (Phi) is 6.08. The number of rotatable bonds is 5. The van der Waals surface area contributed by atoms with Crippen molar-refractivity contribution in [2.45, 2.75) is 4.90 Å². The van der Waals surface area contributed by atoms with Crippen molar-refractivity contribution < 1.29 is 8.42 Å². The van der Waals surface area contributed by atoms with Crippen molar-refractivity contribution >= 4 is 56.7 Å². The molecular formula is C28H21ClN7O3S+. The third kappa shape index (κ3) is 4.36. The van der Waals surface area contributed by atoms with Crippen molar-refractivity contribution in [2.24, 2.45) is 10.1 Å². The molecule has 3 aromatic carbocycles. The Balaban J connectivity index is 1.53. The molecule has 0 saturated carbocycles. The van der Waals surface area contributed by atoms with Crippen molar-refractivity contribution in [2.75, 3.05) is 5.73 Å². The van der Waals surface area contributed by atoms with Crippen LogP contribution in [-0.2, 0) is 10.0 Å². The van der Waals surface area contributed by atoms with Crippen molar-refractivity contribution in [1.82, 2.24) is 19.4 Å². The number of aromatic nitrogens is 3. The SMILES string of the molecule is Nc1ccc(-c2ccc(-c3nc4c(c(=O)[nH]3)N=C[N+]4(c3ccc(Cl)cc3)c3cccc(S(N)(=O)=O)c3)cc2)cn1. The molecule has 1 atom stereocenters. The third-order valence-corrected chi connectivity index (χ3v) is 7.80. The molecule has 0 spiro atoms. The number of fused-ring (bicyclic) bond motifs is 1. The number of nitrogens with one attached hydrogen (secondary N) is 1. The van der Waals surface area contributed by atoms with Crippen LogP contribution in [0, 0.1) is 0 Å². The highest BCUT2D eigenvalue weighted by atomic mass is 35.5. The topological polar surface area (TPSA) is 157 Å². The van der Waals surface area contributed by atoms with Crippen LogP contribution in [0.3, 0.4) is 0 Å². The number of quaternary nitrogens is 1. The van der Waals surface area contributed by atoms with E-state index in [1.807, 2.05) is 30.3 Å². The van der Waals surface area contributed by atoms with E-state index < -0.39 is 15.6 Å². The van der Waals surface area contributed by atoms with Gasteiger partial charge < -0.3 is 10.7 Å². The summed E-state index contributed by atoms with van der Waals surface area (Å²) in [7, 11) is -4.01. The van der Waals surface area contributed by atoms with E-state index in [9.17, 15) is 13.2 Å². The van der Waals surface area contributed by atoms with Crippen LogP contribution in [0.25, 0.3) is 22.5 Å². The van der Waals surface area contributed by atoms with E-state index in [-0.39, 0.29) is 15.1 Å². The molecule has 6 rings (SSSR count). The lowest BCUT2D eigenvalue weighted by molar-refractivity contribution is 0.597. The number of hydrogen-bond acceptors (Lipinski definition) is 7. The van der Waals surface area contributed by atoms with Crippen LogP contribution in [-0.4, -0.2) is 29.7 Å². The Labute approximate surface area is 233 Å². The molecule has 0 radical (unpaired) electrons. The number of nitrogens with two attached hydrogens (primary N) is 2. The molecule has 0 amide bonds. The van der Waals surface area contributed by atoms with Crippen LogP contribution < -0.4 is 20.9 Å². The predicted molar refractivity (Wildman–Crippen MR) is 156 cm³/mol. The van der Waals surface area contributed by atoms with E-state index in [2.05, 4.69) is 15.0 Å². The molecule has 40 heavy (non-hydrogen) atoms. The number of anilines is 1. The highest BCUT2D eigenvalue weighted by Gasteiger charge is 2.45. The van der Waals surface area contributed by atoms with Crippen LogP contribution in [0.5, 0.6) is 0 Å². The van der Waals surface area contributed by atoms with Gasteiger partial charge in [0.1, 0.15) is 17.3 Å². The van der Waals surface area contributed by atoms with E-state index in [0.717, 1.165) is 11.1 Å². The molecule has 5 N–H and O–H groups in total. The van der Waals surface area contributed by atoms with Crippen molar-refractivity contribution in [3.8, 4) is 22.5 Å². The highest BCUT2D eigenvalue weighted by molar-refractivity contribution is 7.89. The van der Waals surface area contributed by atoms with Gasteiger partial charge in [0.25, 0.3) is 11.4 Å². The molecule has 1 aliphatic heterocycles. The second kappa shape index (κ2) is 9.50. The number of aromatic amines is 1. The lowest BCUT2D eigenvalue weighted by Gasteiger charge is -2.29. The molecule has 10 nitrogen and oxygen atoms in total. The number of pyridine rings is 1. The largest absolute Gasteiger partial charge is 0.384 e. The summed E-state index contributed by atoms with van der Waals surface area (Å²) in [6.45, 7) is 0. The van der Waals surface area contributed by atoms with Gasteiger partial charge in [0, 0.05) is 46.6 Å². The molecule has 198 valence electrons. The summed E-state index contributed by atoms with van der Waals surface area (Å²) in [4.78, 5) is 29.4. The molecular weight excluding hydrogens is 550 g/mol. The number of H-pyrrole nitrogens is 1. The second-order valence-corrected chi connectivity index (χ2v) is 11.1. The maximum absolute atomic E-state index is 13.3. The number of aliphatic imine (C=N–C) groups is 1. The second-order valence-electron chi connectivity index (χ2n) is 9.12. The quantitative estimate of drug-likeness (QED) is 0.252. The van der Waals surface area contributed by atoms with E-state index in [1.165, 1.54) is 12.1 Å². The van der Waals surface area contributed by atoms with Crippen molar-refractivity contribution in [3.63, 3.8) is 0 Å². The van der Waals surface area contributed by atoms with Gasteiger partial charge >= 0.3 is 0 Å². The summed E-state index contributed by atoms with van der Waals surface area (Å²) in [5.74, 6) is 1.04. The Morgan fingerprint density at radius 3 is 2.23 bits per heavy atom. The smallest absolute Gasteiger partial charge is 0.283 e. The number of nitrogen functional groups attached to an aromatic ring is 1. The maximum Gasteiger partial charge on any atom is 0.283 e. The zero-order valence-electron chi connectivity index (χ0n) is 20.7. The fourth-order valence-corrected chi connectivity index (χ4v) is 5.31. The zero-order valence-corrected chi connectivity index (χ0v) is 22.3. The van der Waals surface area contributed by atoms with Gasteiger partial charge in [-0.3, -0.25) is 4.79 Å². The van der Waals surface area contributed by atoms with Crippen molar-refractivity contribution in [3.05, 3.63) is 107 Å². The molecule has 0 fully saturated rings. The Morgan fingerprint density at radius 1 is 0.850 bits per heavy atom. The average molecular weight is 571 g/mol. The Hall–Kier alpha value is -4.68. The first kappa shape index (κ1) is 25.6. The minimum Gasteiger partial charge on any atom is -0.384 e. The number of hydrogen-bond donors (Lipinski definition) is 3. The van der Waals surface area contributed by atoms with Gasteiger partial charge in [-0.1, -0.05) is 41.9 Å². The molecule has 0 saturated heterocycles. The predicted octanol–water partition coefficient (Wildman–Crippen LogP) is 5.03. The molecule has 1 aliphatic rings. The molecule has 0 aliphatic carbocycles. The minimum absolute atomic E-state index is 0.0869. The summed E-state index contributed by atoms with van der Waals surface area (Å²) >= 11 is 6.17. The Morgan fingerprint density at radius 2 is 1.55 bits per heavy atom. The van der Waals surface area contributed by atoms with Gasteiger partial charge in [0.2, 0.25) is 22.0 Å². The number of nitrogens with zero attached hydrogens (tertiary/aromatic N) is 4. The highest BCUT2D eigenvalue weighted by Crippen LogP contribution is 2.48. The lowest BCUT2D eigenvalue weighted by atomic mass is 10.1. The summed E-state index contributed by atoms with van der Waals surface area (Å²) in [5.41, 5.74) is 8.91. The van der Waals surface area contributed by atoms with Gasteiger partial charge in [-0.05, 0) is 35.9 Å². The normalized spacial score (nSPS) is 16.1. The number of sulfonamides is 1. The van der Waals surface area contributed by atoms with Crippen LogP contribution >= 0.6 is 11.6 Å². The van der Waals surface area contributed by atoms with Crippen LogP contribution in [0.1, 0.15) is 0 Å². The first-order valence-corrected chi connectivity index (χ1v) is 13.9. The van der Waals surface area contributed by atoms with E-state index in [0.29, 0.717) is 39.4 Å². The average Bonchev–Trinajstić information content (AvgIpc) is 3.35. The molecule has 3 heterocycles. The van der Waals surface area contributed by atoms with Crippen LogP contribution in [0.15, 0.2) is 106 Å². The van der Waals surface area contributed by atoms with Gasteiger partial charge in [0.15, 0.2) is 5.69 Å². The third-order valence-electron chi connectivity index (χ3n) is 6.64. The first-order valence-electron chi connectivity index (χ1n) is 12.0. The molecule has 12 heteroatoms. The van der Waals surface area contributed by atoms with Gasteiger partial charge in [-0.2, -0.15) is 14.5 Å². The summed E-state index contributed by atoms with van der Waals surface area (Å²) < 4.78 is 24.2. The minimum atomic E-state index is -4.01. The van der Waals surface area contributed by atoms with E-state index in [4.69, 9.17) is 27.5 Å². The number of halogens is 1. The molecule has 2 aromatic heterocycles. The standard InChI is InChI=1S/C28H20ClN7O3S/c29-20-9-11-21(12-10-20)36(22-2-1-3-23(14-22)40(31,38)39)16-33-25-27(36)34-26(35-28(25)37)18-6-4-17(5-7-18)19-8-13-24(30)32-15-19/h1-16H,(H4-,30,31,32,34,35,37,38,39)/p+1. The fraction of sp³-hybridized carbons (Fsp3) is 0. The summed E-state index contributed by atoms with van der Waals surface area (Å²) in [5, 5.41) is 5.95. The lowest BCUT2D eigenvalue weighted by Crippen LogP contribution is -2.36. The summed E-state index contributed by atoms with van der Waals surface area (Å²) in [6.07, 6.45) is 3.23. The number of primary sulfonamides is 1. The zero-order chi connectivity index (χ0) is 28.1. The van der Waals surface area contributed by atoms with Gasteiger partial charge in [-0.15, -0.1) is 0 Å². The van der Waals surface area contributed by atoms with E-state index >= 15 is 0 Å². The first-order chi connectivity index (χ1) is 19.1. The molecule has 0 bridgehead atoms. The molecule has 1 unspecified atom stereocenters. The molecule has 5 aromatic rings. The maximum atomic E-state index is 13.3. The van der Waals surface area contributed by atoms with Crippen LogP contribution in [0.4, 0.5) is 28.7 Å². The van der Waals surface area contributed by atoms with Gasteiger partial charge in [-0.25, -0.2) is 18.5 Å². The van der Waals surface area contributed by atoms with E-state index in [1.54, 1.807) is 55.0 Å². The van der Waals surface area contributed by atoms with Crippen molar-refractivity contribution in [1.29, 1.82) is 0 Å². The Bertz CT molecular complexity index is 1960. The van der Waals surface area contributed by atoms with Crippen LogP contribution in [0.2, 0.25) is 5.02 Å². The van der Waals surface area contributed by atoms with Gasteiger partial charge in [0.05, 0.1) is 4.90 Å². The monoisotopic (exact) mass is 570 g/mol. The summed E-state index contributed by atoms with van der Waals surface area (Å²) in [6, 6.07) is 24.1. The fourth-order valence-electron chi connectivity index (χ4n) is 4.63.